The molecular weight excluding hydrogens is 376 g/mol. The Morgan fingerprint density at radius 1 is 1.29 bits per heavy atom. The first-order chi connectivity index (χ1) is 13.1. The number of carbonyl (C=O) groups is 3. The number of ketones is 2. The number of hydrogen-bond acceptors (Lipinski definition) is 4. The number of esters is 1. The minimum absolute atomic E-state index is 0.134. The molecule has 4 nitrogen and oxygen atoms in total. The molecule has 2 saturated carbocycles. The predicted octanol–water partition coefficient (Wildman–Crippen LogP) is 4.53. The molecule has 4 rings (SSSR count). The van der Waals surface area contributed by atoms with E-state index in [1.54, 1.807) is 6.08 Å². The van der Waals surface area contributed by atoms with Crippen molar-refractivity contribution >= 4 is 29.1 Å². The largest absolute Gasteiger partial charge is 0.446 e. The van der Waals surface area contributed by atoms with Gasteiger partial charge in [-0.1, -0.05) is 31.2 Å². The zero-order chi connectivity index (χ0) is 20.4. The molecule has 0 saturated heterocycles. The van der Waals surface area contributed by atoms with Gasteiger partial charge in [-0.3, -0.25) is 14.4 Å². The normalized spacial score (nSPS) is 42.0. The van der Waals surface area contributed by atoms with E-state index in [0.717, 1.165) is 24.8 Å². The highest BCUT2D eigenvalue weighted by molar-refractivity contribution is 6.32. The second kappa shape index (κ2) is 6.41. The Morgan fingerprint density at radius 3 is 2.64 bits per heavy atom. The van der Waals surface area contributed by atoms with Crippen LogP contribution in [0.15, 0.2) is 34.9 Å². The van der Waals surface area contributed by atoms with Crippen molar-refractivity contribution in [3.63, 3.8) is 0 Å². The zero-order valence-corrected chi connectivity index (χ0v) is 17.5. The summed E-state index contributed by atoms with van der Waals surface area (Å²) in [7, 11) is 0. The lowest BCUT2D eigenvalue weighted by Gasteiger charge is -2.54. The number of rotatable bonds is 2. The summed E-state index contributed by atoms with van der Waals surface area (Å²) in [6.45, 7) is 9.13. The van der Waals surface area contributed by atoms with Crippen molar-refractivity contribution in [1.29, 1.82) is 0 Å². The SMILES string of the molecule is C=C1C[C@H]2[C@@H]3C=C(Cl)C4=CC(=O)CC[C@@H]4[C@H]3CC[C@]2(C)[C@@]1(OC(C)=O)C(C)=O. The van der Waals surface area contributed by atoms with E-state index in [1.165, 1.54) is 13.8 Å². The number of hydrogen-bond donors (Lipinski definition) is 0. The Labute approximate surface area is 171 Å². The molecule has 4 aliphatic carbocycles. The lowest BCUT2D eigenvalue weighted by Crippen LogP contribution is -2.57. The molecule has 2 fully saturated rings. The second-order valence-electron chi connectivity index (χ2n) is 9.17. The predicted molar refractivity (Wildman–Crippen MR) is 106 cm³/mol. The third-order valence-corrected chi connectivity index (χ3v) is 8.23. The van der Waals surface area contributed by atoms with Gasteiger partial charge in [-0.2, -0.15) is 0 Å². The van der Waals surface area contributed by atoms with E-state index in [2.05, 4.69) is 19.6 Å². The first-order valence-corrected chi connectivity index (χ1v) is 10.5. The Kier molecular flexibility index (Phi) is 4.50. The van der Waals surface area contributed by atoms with Crippen molar-refractivity contribution < 1.29 is 19.1 Å². The molecule has 0 aliphatic heterocycles. The summed E-state index contributed by atoms with van der Waals surface area (Å²) in [5.74, 6) is 0.563. The fraction of sp³-hybridized carbons (Fsp3) is 0.609. The smallest absolute Gasteiger partial charge is 0.303 e. The first kappa shape index (κ1) is 19.6. The highest BCUT2D eigenvalue weighted by Gasteiger charge is 2.68. The van der Waals surface area contributed by atoms with E-state index in [4.69, 9.17) is 16.3 Å². The zero-order valence-electron chi connectivity index (χ0n) is 16.7. The molecular formula is C23H27ClO4. The fourth-order valence-electron chi connectivity index (χ4n) is 6.78. The van der Waals surface area contributed by atoms with Crippen molar-refractivity contribution in [1.82, 2.24) is 0 Å². The molecule has 150 valence electrons. The number of fused-ring (bicyclic) bond motifs is 5. The van der Waals surface area contributed by atoms with Crippen LogP contribution in [0.25, 0.3) is 0 Å². The lowest BCUT2D eigenvalue weighted by molar-refractivity contribution is -0.178. The van der Waals surface area contributed by atoms with Crippen molar-refractivity contribution in [2.45, 2.75) is 58.5 Å². The van der Waals surface area contributed by atoms with Gasteiger partial charge >= 0.3 is 5.97 Å². The van der Waals surface area contributed by atoms with Gasteiger partial charge in [-0.05, 0) is 73.5 Å². The van der Waals surface area contributed by atoms with Crippen molar-refractivity contribution in [3.8, 4) is 0 Å². The maximum absolute atomic E-state index is 12.8. The van der Waals surface area contributed by atoms with Crippen molar-refractivity contribution in [2.24, 2.45) is 29.1 Å². The van der Waals surface area contributed by atoms with Gasteiger partial charge in [-0.15, -0.1) is 0 Å². The van der Waals surface area contributed by atoms with Crippen LogP contribution >= 0.6 is 11.6 Å². The summed E-state index contributed by atoms with van der Waals surface area (Å²) < 4.78 is 5.77. The van der Waals surface area contributed by atoms with Crippen LogP contribution in [0.1, 0.15) is 52.9 Å². The molecule has 6 atom stereocenters. The molecule has 0 spiro atoms. The van der Waals surface area contributed by atoms with Gasteiger partial charge < -0.3 is 4.74 Å². The maximum Gasteiger partial charge on any atom is 0.303 e. The van der Waals surface area contributed by atoms with E-state index in [1.807, 2.05) is 0 Å². The molecule has 0 unspecified atom stereocenters. The third-order valence-electron chi connectivity index (χ3n) is 7.88. The molecule has 0 heterocycles. The molecule has 0 aromatic heterocycles. The highest BCUT2D eigenvalue weighted by atomic mass is 35.5. The van der Waals surface area contributed by atoms with Crippen molar-refractivity contribution in [2.75, 3.05) is 0 Å². The topological polar surface area (TPSA) is 60.4 Å². The van der Waals surface area contributed by atoms with Gasteiger partial charge in [0.05, 0.1) is 0 Å². The average molecular weight is 403 g/mol. The van der Waals surface area contributed by atoms with Crippen LogP contribution in [-0.4, -0.2) is 23.1 Å². The van der Waals surface area contributed by atoms with Crippen LogP contribution in [0.5, 0.6) is 0 Å². The quantitative estimate of drug-likeness (QED) is 0.503. The van der Waals surface area contributed by atoms with Crippen LogP contribution in [0.2, 0.25) is 0 Å². The van der Waals surface area contributed by atoms with E-state index in [-0.39, 0.29) is 23.4 Å². The van der Waals surface area contributed by atoms with Gasteiger partial charge in [0.15, 0.2) is 17.2 Å². The lowest BCUT2D eigenvalue weighted by atomic mass is 9.51. The summed E-state index contributed by atoms with van der Waals surface area (Å²) in [5.41, 5.74) is -0.0688. The number of ether oxygens (including phenoxy) is 1. The molecule has 0 aromatic rings. The van der Waals surface area contributed by atoms with Crippen LogP contribution in [-0.2, 0) is 19.1 Å². The van der Waals surface area contributed by atoms with Gasteiger partial charge in [0.25, 0.3) is 0 Å². The molecule has 0 aromatic carbocycles. The summed E-state index contributed by atoms with van der Waals surface area (Å²) in [4.78, 5) is 36.7. The minimum Gasteiger partial charge on any atom is -0.446 e. The van der Waals surface area contributed by atoms with Gasteiger partial charge in [0, 0.05) is 23.8 Å². The third kappa shape index (κ3) is 2.46. The average Bonchev–Trinajstić information content (AvgIpc) is 2.84. The first-order valence-electron chi connectivity index (χ1n) is 10.1. The Morgan fingerprint density at radius 2 is 2.00 bits per heavy atom. The molecule has 28 heavy (non-hydrogen) atoms. The Balaban J connectivity index is 1.80. The number of halogens is 1. The summed E-state index contributed by atoms with van der Waals surface area (Å²) >= 11 is 6.63. The second-order valence-corrected chi connectivity index (χ2v) is 9.58. The minimum atomic E-state index is -1.26. The molecule has 4 aliphatic rings. The number of carbonyl (C=O) groups excluding carboxylic acids is 3. The Hall–Kier alpha value is -1.68. The van der Waals surface area contributed by atoms with E-state index >= 15 is 0 Å². The molecule has 0 bridgehead atoms. The maximum atomic E-state index is 12.8. The number of allylic oxidation sites excluding steroid dienone is 4. The molecule has 5 heteroatoms. The van der Waals surface area contributed by atoms with Gasteiger partial charge in [-0.25, -0.2) is 0 Å². The Bertz CT molecular complexity index is 853. The molecule has 0 amide bonds. The molecule has 0 N–H and O–H groups in total. The van der Waals surface area contributed by atoms with Crippen LogP contribution in [0.3, 0.4) is 0 Å². The van der Waals surface area contributed by atoms with E-state index in [9.17, 15) is 14.4 Å². The van der Waals surface area contributed by atoms with Crippen LogP contribution in [0, 0.1) is 29.1 Å². The summed E-state index contributed by atoms with van der Waals surface area (Å²) in [5, 5.41) is 0.668. The standard InChI is InChI=1S/C23H27ClO4/c1-12-9-20-18-11-21(24)19-10-15(27)5-6-16(19)17(18)7-8-22(20,4)23(12,13(2)25)28-14(3)26/h10-11,16-18,20H,1,5-9H2,2-4H3/t16-,17-,18-,20+,22+,23+/m1/s1. The summed E-state index contributed by atoms with van der Waals surface area (Å²) in [6.07, 6.45) is 7.57. The monoisotopic (exact) mass is 402 g/mol. The highest BCUT2D eigenvalue weighted by Crippen LogP contribution is 2.66. The van der Waals surface area contributed by atoms with E-state index in [0.29, 0.717) is 35.3 Å². The van der Waals surface area contributed by atoms with Crippen molar-refractivity contribution in [3.05, 3.63) is 34.9 Å². The van der Waals surface area contributed by atoms with Crippen LogP contribution < -0.4 is 0 Å². The summed E-state index contributed by atoms with van der Waals surface area (Å²) in [6, 6.07) is 0. The fourth-order valence-corrected chi connectivity index (χ4v) is 7.12. The van der Waals surface area contributed by atoms with Gasteiger partial charge in [0.1, 0.15) is 0 Å². The van der Waals surface area contributed by atoms with E-state index < -0.39 is 17.0 Å². The van der Waals surface area contributed by atoms with Crippen LogP contribution in [0.4, 0.5) is 0 Å². The molecule has 0 radical (unpaired) electrons. The number of Topliss-reactive ketones (excluding diaryl/α,β-unsaturated/α-hetero) is 1. The van der Waals surface area contributed by atoms with Gasteiger partial charge in [0.2, 0.25) is 0 Å².